The third-order valence-electron chi connectivity index (χ3n) is 9.05. The maximum atomic E-state index is 8.80. The molecule has 0 aromatic carbocycles. The van der Waals surface area contributed by atoms with Crippen LogP contribution >= 0.6 is 0 Å². The van der Waals surface area contributed by atoms with Crippen LogP contribution in [0.5, 0.6) is 0 Å². The van der Waals surface area contributed by atoms with Gasteiger partial charge in [0.2, 0.25) is 0 Å². The van der Waals surface area contributed by atoms with Crippen molar-refractivity contribution in [2.45, 2.75) is 84.6 Å². The van der Waals surface area contributed by atoms with Crippen molar-refractivity contribution in [1.29, 1.82) is 0 Å². The van der Waals surface area contributed by atoms with Crippen LogP contribution in [0.2, 0.25) is 0 Å². The van der Waals surface area contributed by atoms with Gasteiger partial charge < -0.3 is 0 Å². The molecular formula is C21H33N3. The van der Waals surface area contributed by atoms with E-state index in [2.05, 4.69) is 36.9 Å². The van der Waals surface area contributed by atoms with Crippen molar-refractivity contribution < 1.29 is 0 Å². The molecule has 3 nitrogen and oxygen atoms in total. The number of azide groups is 1. The van der Waals surface area contributed by atoms with Crippen molar-refractivity contribution in [1.82, 2.24) is 0 Å². The van der Waals surface area contributed by atoms with Gasteiger partial charge in [0.25, 0.3) is 0 Å². The number of allylic oxidation sites excluding steroid dienone is 2. The molecule has 0 bridgehead atoms. The standard InChI is InChI=1S/C21H33N3/c1-4-14-6-8-18-17-7-5-15-13-16(23-24-22)9-11-21(15,3)19(17)10-12-20(14,18)2/h4,15-19H,5-13H2,1-3H3/t15-,16+,17-,18-,19-,20+,21-/m0/s1. The Hall–Kier alpha value is -0.950. The molecule has 24 heavy (non-hydrogen) atoms. The lowest BCUT2D eigenvalue weighted by atomic mass is 9.45. The second kappa shape index (κ2) is 5.80. The van der Waals surface area contributed by atoms with Crippen LogP contribution in [0.4, 0.5) is 0 Å². The molecule has 4 aliphatic rings. The van der Waals surface area contributed by atoms with Gasteiger partial charge in [0.05, 0.1) is 0 Å². The molecule has 4 aliphatic carbocycles. The molecule has 132 valence electrons. The molecule has 0 spiro atoms. The van der Waals surface area contributed by atoms with Gasteiger partial charge in [-0.2, -0.15) is 0 Å². The quantitative estimate of drug-likeness (QED) is 0.224. The molecule has 4 saturated carbocycles. The third-order valence-corrected chi connectivity index (χ3v) is 9.05. The minimum absolute atomic E-state index is 0.264. The van der Waals surface area contributed by atoms with Gasteiger partial charge in [0, 0.05) is 11.0 Å². The maximum absolute atomic E-state index is 8.80. The number of fused-ring (bicyclic) bond motifs is 5. The van der Waals surface area contributed by atoms with E-state index in [9.17, 15) is 0 Å². The van der Waals surface area contributed by atoms with E-state index in [-0.39, 0.29) is 6.04 Å². The first-order valence-corrected chi connectivity index (χ1v) is 10.2. The molecule has 0 aromatic heterocycles. The fourth-order valence-corrected chi connectivity index (χ4v) is 7.74. The Labute approximate surface area is 146 Å². The number of rotatable bonds is 1. The van der Waals surface area contributed by atoms with Crippen molar-refractivity contribution in [3.8, 4) is 0 Å². The van der Waals surface area contributed by atoms with Gasteiger partial charge in [-0.05, 0) is 105 Å². The average Bonchev–Trinajstić information content (AvgIpc) is 2.92. The highest BCUT2D eigenvalue weighted by Crippen LogP contribution is 2.67. The smallest absolute Gasteiger partial charge is 0.0377 e. The molecule has 0 aromatic rings. The van der Waals surface area contributed by atoms with E-state index in [1.807, 2.05) is 0 Å². The number of hydrogen-bond acceptors (Lipinski definition) is 1. The van der Waals surface area contributed by atoms with Crippen LogP contribution in [-0.4, -0.2) is 6.04 Å². The highest BCUT2D eigenvalue weighted by atomic mass is 15.1. The summed E-state index contributed by atoms with van der Waals surface area (Å²) in [4.78, 5) is 3.09. The van der Waals surface area contributed by atoms with E-state index >= 15 is 0 Å². The van der Waals surface area contributed by atoms with Gasteiger partial charge in [0.1, 0.15) is 0 Å². The largest absolute Gasteiger partial charge is 0.0906 e. The zero-order chi connectivity index (χ0) is 16.9. The van der Waals surface area contributed by atoms with Crippen molar-refractivity contribution in [2.75, 3.05) is 0 Å². The average molecular weight is 328 g/mol. The van der Waals surface area contributed by atoms with Gasteiger partial charge in [-0.25, -0.2) is 0 Å². The molecule has 7 atom stereocenters. The summed E-state index contributed by atoms with van der Waals surface area (Å²) in [5, 5.41) is 4.07. The second-order valence-corrected chi connectivity index (χ2v) is 9.60. The van der Waals surface area contributed by atoms with Gasteiger partial charge in [-0.15, -0.1) is 0 Å². The van der Waals surface area contributed by atoms with E-state index in [1.165, 1.54) is 44.9 Å². The van der Waals surface area contributed by atoms with Gasteiger partial charge in [-0.3, -0.25) is 0 Å². The summed E-state index contributed by atoms with van der Waals surface area (Å²) in [6.07, 6.45) is 14.4. The molecule has 0 aliphatic heterocycles. The highest BCUT2D eigenvalue weighted by Gasteiger charge is 2.58. The van der Waals surface area contributed by atoms with Crippen LogP contribution in [0.3, 0.4) is 0 Å². The number of hydrogen-bond donors (Lipinski definition) is 0. The van der Waals surface area contributed by atoms with Gasteiger partial charge in [0.15, 0.2) is 0 Å². The predicted molar refractivity (Wildman–Crippen MR) is 98.4 cm³/mol. The number of nitrogens with zero attached hydrogens (tertiary/aromatic N) is 3. The van der Waals surface area contributed by atoms with Crippen molar-refractivity contribution in [2.24, 2.45) is 39.6 Å². The van der Waals surface area contributed by atoms with E-state index in [4.69, 9.17) is 5.53 Å². The summed E-state index contributed by atoms with van der Waals surface area (Å²) in [6, 6.07) is 0.264. The topological polar surface area (TPSA) is 48.8 Å². The lowest BCUT2D eigenvalue weighted by molar-refractivity contribution is -0.0998. The molecule has 0 heterocycles. The molecule has 0 saturated heterocycles. The monoisotopic (exact) mass is 327 g/mol. The molecule has 0 radical (unpaired) electrons. The van der Waals surface area contributed by atoms with Crippen molar-refractivity contribution in [3.63, 3.8) is 0 Å². The first kappa shape index (κ1) is 16.5. The molecule has 0 amide bonds. The summed E-state index contributed by atoms with van der Waals surface area (Å²) >= 11 is 0. The van der Waals surface area contributed by atoms with E-state index < -0.39 is 0 Å². The summed E-state index contributed by atoms with van der Waals surface area (Å²) in [5.41, 5.74) is 11.6. The Morgan fingerprint density at radius 2 is 1.92 bits per heavy atom. The van der Waals surface area contributed by atoms with Crippen LogP contribution in [-0.2, 0) is 0 Å². The normalized spacial score (nSPS) is 52.1. The lowest BCUT2D eigenvalue weighted by Crippen LogP contribution is -2.53. The van der Waals surface area contributed by atoms with Crippen LogP contribution in [0.1, 0.15) is 78.6 Å². The summed E-state index contributed by atoms with van der Waals surface area (Å²) in [6.45, 7) is 7.42. The molecule has 0 N–H and O–H groups in total. The zero-order valence-corrected chi connectivity index (χ0v) is 15.7. The van der Waals surface area contributed by atoms with Crippen LogP contribution < -0.4 is 0 Å². The highest BCUT2D eigenvalue weighted by molar-refractivity contribution is 5.23. The second-order valence-electron chi connectivity index (χ2n) is 9.60. The molecule has 4 fully saturated rings. The lowest BCUT2D eigenvalue weighted by Gasteiger charge is -2.60. The predicted octanol–water partition coefficient (Wildman–Crippen LogP) is 6.65. The minimum Gasteiger partial charge on any atom is -0.0906 e. The Kier molecular flexibility index (Phi) is 3.99. The van der Waals surface area contributed by atoms with Gasteiger partial charge >= 0.3 is 0 Å². The van der Waals surface area contributed by atoms with Crippen LogP contribution in [0.25, 0.3) is 10.4 Å². The van der Waals surface area contributed by atoms with Crippen molar-refractivity contribution >= 4 is 0 Å². The fourth-order valence-electron chi connectivity index (χ4n) is 7.74. The van der Waals surface area contributed by atoms with Crippen LogP contribution in [0, 0.1) is 34.5 Å². The SMILES string of the molecule is CC=C1CC[C@H]2[C@@H]3CC[C@H]4C[C@H](N=[N+]=[N-])CC[C@]4(C)[C@H]3CC[C@]12C. The first-order chi connectivity index (χ1) is 11.5. The van der Waals surface area contributed by atoms with E-state index in [1.54, 1.807) is 5.57 Å². The van der Waals surface area contributed by atoms with Gasteiger partial charge in [-0.1, -0.05) is 30.6 Å². The fraction of sp³-hybridized carbons (Fsp3) is 0.905. The van der Waals surface area contributed by atoms with Crippen LogP contribution in [0.15, 0.2) is 16.8 Å². The summed E-state index contributed by atoms with van der Waals surface area (Å²) in [5.74, 6) is 3.57. The Morgan fingerprint density at radius 1 is 1.08 bits per heavy atom. The molecule has 4 rings (SSSR count). The molecular weight excluding hydrogens is 294 g/mol. The Bertz CT molecular complexity index is 590. The van der Waals surface area contributed by atoms with E-state index in [0.29, 0.717) is 10.8 Å². The summed E-state index contributed by atoms with van der Waals surface area (Å²) in [7, 11) is 0. The maximum Gasteiger partial charge on any atom is 0.0377 e. The molecule has 0 unspecified atom stereocenters. The Balaban J connectivity index is 1.59. The first-order valence-electron chi connectivity index (χ1n) is 10.2. The third kappa shape index (κ3) is 2.20. The Morgan fingerprint density at radius 3 is 2.67 bits per heavy atom. The van der Waals surface area contributed by atoms with E-state index in [0.717, 1.165) is 36.5 Å². The minimum atomic E-state index is 0.264. The molecule has 3 heteroatoms. The zero-order valence-electron chi connectivity index (χ0n) is 15.7. The summed E-state index contributed by atoms with van der Waals surface area (Å²) < 4.78 is 0. The van der Waals surface area contributed by atoms with Crippen molar-refractivity contribution in [3.05, 3.63) is 22.1 Å².